The molecule has 1 aromatic rings. The monoisotopic (exact) mass is 445 g/mol. The molecule has 4 nitrogen and oxygen atoms in total. The second kappa shape index (κ2) is 6.50. The molecule has 146 valence electrons. The lowest BCUT2D eigenvalue weighted by molar-refractivity contribution is -0.170. The lowest BCUT2D eigenvalue weighted by Crippen LogP contribution is -2.56. The first-order chi connectivity index (χ1) is 12.7. The van der Waals surface area contributed by atoms with Crippen LogP contribution in [0.15, 0.2) is 12.1 Å². The molecule has 0 heterocycles. The third-order valence-corrected chi connectivity index (χ3v) is 6.99. The number of hydrogen-bond donors (Lipinski definition) is 1. The van der Waals surface area contributed by atoms with Gasteiger partial charge in [-0.05, 0) is 62.5 Å². The van der Waals surface area contributed by atoms with Crippen molar-refractivity contribution in [3.05, 3.63) is 29.6 Å². The van der Waals surface area contributed by atoms with E-state index in [9.17, 15) is 22.8 Å². The molecule has 0 radical (unpaired) electrons. The summed E-state index contributed by atoms with van der Waals surface area (Å²) in [4.78, 5) is 24.7. The van der Waals surface area contributed by atoms with Gasteiger partial charge < -0.3 is 10.1 Å². The average Bonchev–Trinajstić information content (AvgIpc) is 2.58. The Bertz CT molecular complexity index is 802. The normalized spacial score (nSPS) is 33.8. The molecule has 2 atom stereocenters. The van der Waals surface area contributed by atoms with Crippen LogP contribution in [0.4, 0.5) is 18.9 Å². The number of nitrogens with one attached hydrogen (secondary N) is 1. The van der Waals surface area contributed by atoms with E-state index in [0.29, 0.717) is 24.3 Å². The quantitative estimate of drug-likeness (QED) is 0.426. The molecule has 4 saturated carbocycles. The predicted molar refractivity (Wildman–Crippen MR) is 94.7 cm³/mol. The fraction of sp³-hybridized carbons (Fsp3) is 0.579. The zero-order valence-electron chi connectivity index (χ0n) is 14.5. The van der Waals surface area contributed by atoms with Gasteiger partial charge >= 0.3 is 5.97 Å². The molecule has 4 bridgehead atoms. The standard InChI is InChI=1S/C19H19BrF3NO3/c20-19-6-10-3-11(7-19)5-18(4-10,9-19)17(26)27-8-14(25)24-13-2-1-12(21)15(22)16(13)23/h1-2,10-11H,3-9H2,(H,24,25)/t10-,11-,18?,19?/m1/s1. The number of ether oxygens (including phenoxy) is 1. The van der Waals surface area contributed by atoms with Gasteiger partial charge in [-0.2, -0.15) is 0 Å². The van der Waals surface area contributed by atoms with Crippen molar-refractivity contribution in [1.29, 1.82) is 0 Å². The number of hydrogen-bond acceptors (Lipinski definition) is 3. The number of alkyl halides is 1. The summed E-state index contributed by atoms with van der Waals surface area (Å²) in [5.74, 6) is -4.72. The first-order valence-corrected chi connectivity index (χ1v) is 9.79. The Balaban J connectivity index is 1.38. The molecular weight excluding hydrogens is 427 g/mol. The Kier molecular flexibility index (Phi) is 4.52. The highest BCUT2D eigenvalue weighted by atomic mass is 79.9. The van der Waals surface area contributed by atoms with Crippen molar-refractivity contribution >= 4 is 33.5 Å². The van der Waals surface area contributed by atoms with Crippen molar-refractivity contribution < 1.29 is 27.5 Å². The first kappa shape index (κ1) is 18.8. The van der Waals surface area contributed by atoms with Crippen LogP contribution in [0.1, 0.15) is 38.5 Å². The van der Waals surface area contributed by atoms with Gasteiger partial charge in [-0.3, -0.25) is 9.59 Å². The zero-order chi connectivity index (χ0) is 19.4. The molecule has 0 aromatic heterocycles. The summed E-state index contributed by atoms with van der Waals surface area (Å²) in [7, 11) is 0. The molecule has 0 aliphatic heterocycles. The van der Waals surface area contributed by atoms with Gasteiger partial charge in [0.25, 0.3) is 5.91 Å². The number of benzene rings is 1. The van der Waals surface area contributed by atoms with E-state index in [2.05, 4.69) is 21.2 Å². The number of esters is 1. The van der Waals surface area contributed by atoms with E-state index in [0.717, 1.165) is 38.2 Å². The van der Waals surface area contributed by atoms with Crippen molar-refractivity contribution in [3.63, 3.8) is 0 Å². The molecule has 1 aromatic carbocycles. The fourth-order valence-electron chi connectivity index (χ4n) is 5.48. The maximum atomic E-state index is 13.6. The van der Waals surface area contributed by atoms with Gasteiger partial charge in [0, 0.05) is 4.32 Å². The molecule has 0 saturated heterocycles. The largest absolute Gasteiger partial charge is 0.455 e. The molecule has 1 amide bonds. The van der Waals surface area contributed by atoms with Crippen LogP contribution >= 0.6 is 15.9 Å². The second-order valence-electron chi connectivity index (χ2n) is 8.24. The summed E-state index contributed by atoms with van der Waals surface area (Å²) in [5, 5.41) is 2.11. The van der Waals surface area contributed by atoms with Gasteiger partial charge in [0.2, 0.25) is 0 Å². The minimum absolute atomic E-state index is 0.0207. The van der Waals surface area contributed by atoms with Crippen molar-refractivity contribution in [2.45, 2.75) is 42.8 Å². The number of rotatable bonds is 4. The summed E-state index contributed by atoms with van der Waals surface area (Å²) in [6, 6.07) is 1.63. The molecule has 4 aliphatic rings. The zero-order valence-corrected chi connectivity index (χ0v) is 16.1. The van der Waals surface area contributed by atoms with Crippen LogP contribution in [0.2, 0.25) is 0 Å². The van der Waals surface area contributed by atoms with E-state index in [1.54, 1.807) is 0 Å². The third kappa shape index (κ3) is 3.37. The highest BCUT2D eigenvalue weighted by molar-refractivity contribution is 9.10. The Labute approximate surface area is 163 Å². The van der Waals surface area contributed by atoms with Crippen LogP contribution in [0, 0.1) is 34.7 Å². The molecule has 27 heavy (non-hydrogen) atoms. The van der Waals surface area contributed by atoms with Gasteiger partial charge in [-0.15, -0.1) is 0 Å². The third-order valence-electron chi connectivity index (χ3n) is 6.07. The highest BCUT2D eigenvalue weighted by Gasteiger charge is 2.60. The maximum Gasteiger partial charge on any atom is 0.312 e. The number of amides is 1. The van der Waals surface area contributed by atoms with Crippen LogP contribution in [0.3, 0.4) is 0 Å². The Morgan fingerprint density at radius 2 is 1.78 bits per heavy atom. The van der Waals surface area contributed by atoms with Gasteiger partial charge in [0.1, 0.15) is 0 Å². The van der Waals surface area contributed by atoms with Crippen LogP contribution in [-0.2, 0) is 14.3 Å². The molecule has 0 spiro atoms. The van der Waals surface area contributed by atoms with Gasteiger partial charge in [0.05, 0.1) is 11.1 Å². The van der Waals surface area contributed by atoms with Crippen molar-refractivity contribution in [3.8, 4) is 0 Å². The predicted octanol–water partition coefficient (Wildman–Crippen LogP) is 4.32. The van der Waals surface area contributed by atoms with E-state index in [-0.39, 0.29) is 4.32 Å². The number of carbonyl (C=O) groups excluding carboxylic acids is 2. The molecule has 1 N–H and O–H groups in total. The molecule has 4 aliphatic carbocycles. The minimum atomic E-state index is -1.67. The Morgan fingerprint density at radius 1 is 1.11 bits per heavy atom. The van der Waals surface area contributed by atoms with Crippen LogP contribution in [0.5, 0.6) is 0 Å². The molecule has 8 heteroatoms. The molecule has 0 unspecified atom stereocenters. The highest BCUT2D eigenvalue weighted by Crippen LogP contribution is 2.64. The van der Waals surface area contributed by atoms with Gasteiger partial charge in [-0.1, -0.05) is 15.9 Å². The van der Waals surface area contributed by atoms with Crippen LogP contribution in [-0.4, -0.2) is 22.8 Å². The van der Waals surface area contributed by atoms with E-state index in [4.69, 9.17) is 4.74 Å². The number of halogens is 4. The van der Waals surface area contributed by atoms with E-state index in [1.807, 2.05) is 0 Å². The Hall–Kier alpha value is -1.57. The summed E-state index contributed by atoms with van der Waals surface area (Å²) < 4.78 is 45.0. The van der Waals surface area contributed by atoms with Crippen molar-refractivity contribution in [1.82, 2.24) is 0 Å². The van der Waals surface area contributed by atoms with E-state index >= 15 is 0 Å². The maximum absolute atomic E-state index is 13.6. The van der Waals surface area contributed by atoms with E-state index < -0.39 is 47.0 Å². The summed E-state index contributed by atoms with van der Waals surface area (Å²) >= 11 is 3.81. The first-order valence-electron chi connectivity index (χ1n) is 8.99. The number of carbonyl (C=O) groups is 2. The summed E-state index contributed by atoms with van der Waals surface area (Å²) in [6.45, 7) is -0.594. The fourth-order valence-corrected chi connectivity index (χ4v) is 6.93. The minimum Gasteiger partial charge on any atom is -0.455 e. The SMILES string of the molecule is O=C(COC(=O)C12C[C@H]3C[C@@H](CC(Br)(C3)C1)C2)Nc1ccc(F)c(F)c1F. The van der Waals surface area contributed by atoms with Crippen LogP contribution < -0.4 is 5.32 Å². The smallest absolute Gasteiger partial charge is 0.312 e. The molecule has 5 rings (SSSR count). The van der Waals surface area contributed by atoms with Crippen molar-refractivity contribution in [2.24, 2.45) is 17.3 Å². The molecular formula is C19H19BrF3NO3. The molecule has 4 fully saturated rings. The van der Waals surface area contributed by atoms with Gasteiger partial charge in [0.15, 0.2) is 24.1 Å². The second-order valence-corrected chi connectivity index (χ2v) is 9.92. The van der Waals surface area contributed by atoms with E-state index in [1.165, 1.54) is 0 Å². The average molecular weight is 446 g/mol. The Morgan fingerprint density at radius 3 is 2.41 bits per heavy atom. The topological polar surface area (TPSA) is 55.4 Å². The van der Waals surface area contributed by atoms with Crippen LogP contribution in [0.25, 0.3) is 0 Å². The lowest BCUT2D eigenvalue weighted by Gasteiger charge is -2.58. The van der Waals surface area contributed by atoms with Gasteiger partial charge in [-0.25, -0.2) is 13.2 Å². The summed E-state index contributed by atoms with van der Waals surface area (Å²) in [6.07, 6.45) is 5.51. The number of anilines is 1. The summed E-state index contributed by atoms with van der Waals surface area (Å²) in [5.41, 5.74) is -1.06. The lowest BCUT2D eigenvalue weighted by atomic mass is 9.49. The van der Waals surface area contributed by atoms with Crippen molar-refractivity contribution in [2.75, 3.05) is 11.9 Å².